The normalized spacial score (nSPS) is 11.2. The first kappa shape index (κ1) is 19.8. The zero-order valence-corrected chi connectivity index (χ0v) is 14.9. The molecule has 0 saturated heterocycles. The fourth-order valence-corrected chi connectivity index (χ4v) is 2.88. The number of carbonyl (C=O) groups excluding carboxylic acids is 1. The monoisotopic (exact) mass is 409 g/mol. The molecule has 0 aromatic heterocycles. The predicted octanol–water partition coefficient (Wildman–Crippen LogP) is 5.67. The molecule has 25 heavy (non-hydrogen) atoms. The zero-order valence-electron chi connectivity index (χ0n) is 12.6. The smallest absolute Gasteiger partial charge is 0.398 e. The van der Waals surface area contributed by atoms with Gasteiger partial charge in [-0.2, -0.15) is 13.2 Å². The van der Waals surface area contributed by atoms with Gasteiger partial charge in [0, 0.05) is 16.0 Å². The van der Waals surface area contributed by atoms with Gasteiger partial charge in [-0.25, -0.2) is 0 Å². The molecular formula is C16H12Cl2F3NO2S. The van der Waals surface area contributed by atoms with Crippen LogP contribution >= 0.6 is 35.0 Å². The summed E-state index contributed by atoms with van der Waals surface area (Å²) in [5, 5.41) is 3.21. The number of hydrogen-bond donors (Lipinski definition) is 1. The van der Waals surface area contributed by atoms with Crippen LogP contribution in [-0.4, -0.2) is 24.4 Å². The van der Waals surface area contributed by atoms with E-state index < -0.39 is 17.8 Å². The Labute approximate surface area is 156 Å². The Hall–Kier alpha value is -1.57. The zero-order chi connectivity index (χ0) is 18.4. The highest BCUT2D eigenvalue weighted by atomic mass is 35.5. The minimum absolute atomic E-state index is 0.240. The van der Waals surface area contributed by atoms with Crippen molar-refractivity contribution in [2.24, 2.45) is 0 Å². The SMILES string of the molecule is O=C(COc1cc(Cl)ccc1Cl)Nc1ccccc1SCC(F)(F)F. The maximum Gasteiger partial charge on any atom is 0.398 e. The molecule has 0 aliphatic carbocycles. The Morgan fingerprint density at radius 3 is 2.60 bits per heavy atom. The number of amides is 1. The summed E-state index contributed by atoms with van der Waals surface area (Å²) in [6.07, 6.45) is -4.30. The number of para-hydroxylation sites is 1. The predicted molar refractivity (Wildman–Crippen MR) is 93.8 cm³/mol. The van der Waals surface area contributed by atoms with Gasteiger partial charge < -0.3 is 10.1 Å². The molecule has 0 spiro atoms. The van der Waals surface area contributed by atoms with Crippen LogP contribution in [-0.2, 0) is 4.79 Å². The molecule has 134 valence electrons. The summed E-state index contributed by atoms with van der Waals surface area (Å²) in [4.78, 5) is 12.3. The third-order valence-corrected chi connectivity index (χ3v) is 4.49. The number of alkyl halides is 3. The molecule has 1 amide bonds. The standard InChI is InChI=1S/C16H12Cl2F3NO2S/c17-10-5-6-11(18)13(7-10)24-8-15(23)22-12-3-1-2-4-14(12)25-9-16(19,20)21/h1-7H,8-9H2,(H,22,23). The highest BCUT2D eigenvalue weighted by molar-refractivity contribution is 7.99. The van der Waals surface area contributed by atoms with Crippen LogP contribution in [0.3, 0.4) is 0 Å². The molecule has 0 saturated carbocycles. The summed E-state index contributed by atoms with van der Waals surface area (Å²) >= 11 is 12.3. The van der Waals surface area contributed by atoms with Gasteiger partial charge in [-0.15, -0.1) is 11.8 Å². The Kier molecular flexibility index (Phi) is 6.87. The molecule has 3 nitrogen and oxygen atoms in total. The van der Waals surface area contributed by atoms with Gasteiger partial charge in [-0.05, 0) is 24.3 Å². The van der Waals surface area contributed by atoms with Gasteiger partial charge in [-0.1, -0.05) is 35.3 Å². The Morgan fingerprint density at radius 1 is 1.16 bits per heavy atom. The van der Waals surface area contributed by atoms with Gasteiger partial charge in [-0.3, -0.25) is 4.79 Å². The minimum atomic E-state index is -4.30. The van der Waals surface area contributed by atoms with E-state index in [4.69, 9.17) is 27.9 Å². The number of rotatable bonds is 6. The lowest BCUT2D eigenvalue weighted by molar-refractivity contribution is -0.118. The van der Waals surface area contributed by atoms with E-state index in [0.717, 1.165) is 0 Å². The molecule has 2 rings (SSSR count). The van der Waals surface area contributed by atoms with Gasteiger partial charge in [0.25, 0.3) is 5.91 Å². The van der Waals surface area contributed by atoms with Crippen molar-refractivity contribution < 1.29 is 22.7 Å². The molecule has 0 aliphatic heterocycles. The van der Waals surface area contributed by atoms with Crippen molar-refractivity contribution in [2.75, 3.05) is 17.7 Å². The molecule has 2 aromatic carbocycles. The quantitative estimate of drug-likeness (QED) is 0.624. The summed E-state index contributed by atoms with van der Waals surface area (Å²) in [6.45, 7) is -0.363. The van der Waals surface area contributed by atoms with Crippen molar-refractivity contribution in [3.05, 3.63) is 52.5 Å². The number of thioether (sulfide) groups is 1. The molecular weight excluding hydrogens is 398 g/mol. The lowest BCUT2D eigenvalue weighted by Crippen LogP contribution is -2.20. The largest absolute Gasteiger partial charge is 0.482 e. The van der Waals surface area contributed by atoms with Gasteiger partial charge in [0.15, 0.2) is 6.61 Å². The average molecular weight is 410 g/mol. The molecule has 0 atom stereocenters. The van der Waals surface area contributed by atoms with Crippen LogP contribution in [0, 0.1) is 0 Å². The van der Waals surface area contributed by atoms with Gasteiger partial charge >= 0.3 is 6.18 Å². The molecule has 0 radical (unpaired) electrons. The van der Waals surface area contributed by atoms with Crippen LogP contribution in [0.15, 0.2) is 47.4 Å². The van der Waals surface area contributed by atoms with Crippen LogP contribution < -0.4 is 10.1 Å². The highest BCUT2D eigenvalue weighted by Gasteiger charge is 2.27. The molecule has 0 aliphatic rings. The van der Waals surface area contributed by atoms with Gasteiger partial charge in [0.2, 0.25) is 0 Å². The van der Waals surface area contributed by atoms with E-state index in [-0.39, 0.29) is 18.0 Å². The van der Waals surface area contributed by atoms with Crippen molar-refractivity contribution in [3.8, 4) is 5.75 Å². The number of benzene rings is 2. The number of halogens is 5. The van der Waals surface area contributed by atoms with E-state index in [1.54, 1.807) is 18.2 Å². The number of carbonyl (C=O) groups is 1. The molecule has 0 unspecified atom stereocenters. The number of anilines is 1. The van der Waals surface area contributed by atoms with Crippen LogP contribution in [0.4, 0.5) is 18.9 Å². The van der Waals surface area contributed by atoms with Gasteiger partial charge in [0.1, 0.15) is 5.75 Å². The lowest BCUT2D eigenvalue weighted by Gasteiger charge is -2.13. The fourth-order valence-electron chi connectivity index (χ4n) is 1.77. The summed E-state index contributed by atoms with van der Waals surface area (Å²) in [6, 6.07) is 10.8. The van der Waals surface area contributed by atoms with Crippen LogP contribution in [0.5, 0.6) is 5.75 Å². The summed E-state index contributed by atoms with van der Waals surface area (Å²) in [5.41, 5.74) is 0.280. The van der Waals surface area contributed by atoms with Crippen molar-refractivity contribution in [1.82, 2.24) is 0 Å². The Bertz CT molecular complexity index is 756. The summed E-state index contributed by atoms with van der Waals surface area (Å²) in [5.74, 6) is -1.34. The number of nitrogens with one attached hydrogen (secondary N) is 1. The summed E-state index contributed by atoms with van der Waals surface area (Å²) in [7, 11) is 0. The second kappa shape index (κ2) is 8.69. The molecule has 0 heterocycles. The number of ether oxygens (including phenoxy) is 1. The lowest BCUT2D eigenvalue weighted by atomic mass is 10.3. The first-order chi connectivity index (χ1) is 11.7. The third-order valence-electron chi connectivity index (χ3n) is 2.80. The molecule has 9 heteroatoms. The Balaban J connectivity index is 1.97. The molecule has 0 bridgehead atoms. The number of hydrogen-bond acceptors (Lipinski definition) is 3. The second-order valence-electron chi connectivity index (χ2n) is 4.81. The Morgan fingerprint density at radius 2 is 1.88 bits per heavy atom. The van der Waals surface area contributed by atoms with Crippen molar-refractivity contribution >= 4 is 46.6 Å². The van der Waals surface area contributed by atoms with E-state index >= 15 is 0 Å². The molecule has 1 N–H and O–H groups in total. The minimum Gasteiger partial charge on any atom is -0.482 e. The van der Waals surface area contributed by atoms with Crippen LogP contribution in [0.2, 0.25) is 10.0 Å². The van der Waals surface area contributed by atoms with E-state index in [0.29, 0.717) is 26.7 Å². The van der Waals surface area contributed by atoms with Crippen LogP contribution in [0.1, 0.15) is 0 Å². The topological polar surface area (TPSA) is 38.3 Å². The van der Waals surface area contributed by atoms with E-state index in [1.807, 2.05) is 0 Å². The third kappa shape index (κ3) is 6.68. The van der Waals surface area contributed by atoms with E-state index in [1.165, 1.54) is 24.3 Å². The van der Waals surface area contributed by atoms with Crippen LogP contribution in [0.25, 0.3) is 0 Å². The highest BCUT2D eigenvalue weighted by Crippen LogP contribution is 2.32. The molecule has 2 aromatic rings. The second-order valence-corrected chi connectivity index (χ2v) is 6.67. The van der Waals surface area contributed by atoms with E-state index in [9.17, 15) is 18.0 Å². The van der Waals surface area contributed by atoms with E-state index in [2.05, 4.69) is 5.32 Å². The van der Waals surface area contributed by atoms with Crippen molar-refractivity contribution in [3.63, 3.8) is 0 Å². The van der Waals surface area contributed by atoms with Gasteiger partial charge in [0.05, 0.1) is 16.5 Å². The average Bonchev–Trinajstić information content (AvgIpc) is 2.54. The fraction of sp³-hybridized carbons (Fsp3) is 0.188. The maximum atomic E-state index is 12.4. The summed E-state index contributed by atoms with van der Waals surface area (Å²) < 4.78 is 42.4. The van der Waals surface area contributed by atoms with Crippen molar-refractivity contribution in [2.45, 2.75) is 11.1 Å². The van der Waals surface area contributed by atoms with Crippen molar-refractivity contribution in [1.29, 1.82) is 0 Å². The first-order valence-corrected chi connectivity index (χ1v) is 8.65. The molecule has 0 fully saturated rings. The first-order valence-electron chi connectivity index (χ1n) is 6.91. The maximum absolute atomic E-state index is 12.4.